The van der Waals surface area contributed by atoms with Gasteiger partial charge in [0.25, 0.3) is 0 Å². The summed E-state index contributed by atoms with van der Waals surface area (Å²) in [5, 5.41) is 8.92. The summed E-state index contributed by atoms with van der Waals surface area (Å²) in [6.07, 6.45) is 1.39. The van der Waals surface area contributed by atoms with Gasteiger partial charge in [-0.05, 0) is 18.6 Å². The highest BCUT2D eigenvalue weighted by atomic mass is 19.1. The van der Waals surface area contributed by atoms with Crippen molar-refractivity contribution in [2.45, 2.75) is 18.9 Å². The van der Waals surface area contributed by atoms with Gasteiger partial charge < -0.3 is 5.11 Å². The van der Waals surface area contributed by atoms with Crippen molar-refractivity contribution in [1.82, 2.24) is 4.98 Å². The molecule has 1 atom stereocenters. The molecule has 16 heavy (non-hydrogen) atoms. The van der Waals surface area contributed by atoms with Gasteiger partial charge in [-0.25, -0.2) is 14.2 Å². The maximum atomic E-state index is 12.6. The van der Waals surface area contributed by atoms with Gasteiger partial charge >= 0.3 is 5.97 Å². The summed E-state index contributed by atoms with van der Waals surface area (Å²) in [5.74, 6) is -1.72. The largest absolute Gasteiger partial charge is 0.480 e. The van der Waals surface area contributed by atoms with Crippen molar-refractivity contribution in [1.29, 1.82) is 0 Å². The first kappa shape index (κ1) is 10.5. The Labute approximate surface area is 90.5 Å². The Balaban J connectivity index is 2.33. The van der Waals surface area contributed by atoms with Gasteiger partial charge in [0, 0.05) is 6.42 Å². The topological polar surface area (TPSA) is 70.5 Å². The molecule has 0 unspecified atom stereocenters. The van der Waals surface area contributed by atoms with E-state index in [9.17, 15) is 14.0 Å². The molecule has 0 aromatic carbocycles. The molecule has 6 heteroatoms. The van der Waals surface area contributed by atoms with Crippen LogP contribution in [0.2, 0.25) is 0 Å². The van der Waals surface area contributed by atoms with Crippen molar-refractivity contribution < 1.29 is 19.1 Å². The Morgan fingerprint density at radius 3 is 2.88 bits per heavy atom. The molecule has 84 valence electrons. The first-order valence-electron chi connectivity index (χ1n) is 4.76. The molecule has 0 aliphatic carbocycles. The highest BCUT2D eigenvalue weighted by Crippen LogP contribution is 2.24. The fraction of sp³-hybridized carbons (Fsp3) is 0.300. The molecule has 1 amide bonds. The van der Waals surface area contributed by atoms with E-state index >= 15 is 0 Å². The Bertz CT molecular complexity index is 432. The van der Waals surface area contributed by atoms with Crippen molar-refractivity contribution in [3.63, 3.8) is 0 Å². The molecular formula is C10H9FN2O3. The number of carboxylic acid groups (broad SMARTS) is 1. The number of carboxylic acids is 1. The normalized spacial score (nSPS) is 20.2. The zero-order valence-corrected chi connectivity index (χ0v) is 8.26. The Morgan fingerprint density at radius 1 is 1.56 bits per heavy atom. The molecule has 1 aromatic rings. The highest BCUT2D eigenvalue weighted by Gasteiger charge is 2.37. The van der Waals surface area contributed by atoms with Gasteiger partial charge in [0.15, 0.2) is 0 Å². The van der Waals surface area contributed by atoms with Crippen LogP contribution in [-0.2, 0) is 9.59 Å². The summed E-state index contributed by atoms with van der Waals surface area (Å²) in [6.45, 7) is 0. The van der Waals surface area contributed by atoms with Gasteiger partial charge in [-0.15, -0.1) is 0 Å². The fourth-order valence-corrected chi connectivity index (χ4v) is 1.72. The van der Waals surface area contributed by atoms with Crippen LogP contribution < -0.4 is 4.90 Å². The van der Waals surface area contributed by atoms with Crippen LogP contribution in [0.1, 0.15) is 12.8 Å². The average Bonchev–Trinajstić information content (AvgIpc) is 2.62. The van der Waals surface area contributed by atoms with Gasteiger partial charge in [-0.3, -0.25) is 9.69 Å². The van der Waals surface area contributed by atoms with Gasteiger partial charge in [-0.1, -0.05) is 0 Å². The number of halogens is 1. The van der Waals surface area contributed by atoms with Gasteiger partial charge in [0.1, 0.15) is 17.7 Å². The van der Waals surface area contributed by atoms with E-state index in [2.05, 4.69) is 4.98 Å². The number of hydrogen-bond acceptors (Lipinski definition) is 3. The quantitative estimate of drug-likeness (QED) is 0.806. The zero-order valence-electron chi connectivity index (χ0n) is 8.26. The minimum atomic E-state index is -1.07. The summed E-state index contributed by atoms with van der Waals surface area (Å²) in [4.78, 5) is 27.2. The molecule has 1 aromatic heterocycles. The van der Waals surface area contributed by atoms with E-state index in [1.807, 2.05) is 0 Å². The van der Waals surface area contributed by atoms with Crippen molar-refractivity contribution >= 4 is 17.7 Å². The smallest absolute Gasteiger partial charge is 0.326 e. The number of aromatic nitrogens is 1. The predicted octanol–water partition coefficient (Wildman–Crippen LogP) is 0.801. The summed E-state index contributed by atoms with van der Waals surface area (Å²) in [6, 6.07) is 1.55. The summed E-state index contributed by atoms with van der Waals surface area (Å²) in [7, 11) is 0. The lowest BCUT2D eigenvalue weighted by Crippen LogP contribution is -2.39. The lowest BCUT2D eigenvalue weighted by atomic mass is 10.2. The number of hydrogen-bond donors (Lipinski definition) is 1. The second kappa shape index (κ2) is 3.88. The number of nitrogens with zero attached hydrogens (tertiary/aromatic N) is 2. The van der Waals surface area contributed by atoms with Crippen LogP contribution >= 0.6 is 0 Å². The maximum absolute atomic E-state index is 12.6. The zero-order chi connectivity index (χ0) is 11.7. The monoisotopic (exact) mass is 224 g/mol. The van der Waals surface area contributed by atoms with E-state index in [0.717, 1.165) is 17.2 Å². The lowest BCUT2D eigenvalue weighted by Gasteiger charge is -2.20. The van der Waals surface area contributed by atoms with E-state index in [1.54, 1.807) is 0 Å². The van der Waals surface area contributed by atoms with Crippen LogP contribution in [0.5, 0.6) is 0 Å². The molecule has 1 fully saturated rings. The Hall–Kier alpha value is -1.98. The predicted molar refractivity (Wildman–Crippen MR) is 52.3 cm³/mol. The van der Waals surface area contributed by atoms with Crippen LogP contribution in [0.25, 0.3) is 0 Å². The number of rotatable bonds is 2. The van der Waals surface area contributed by atoms with Crippen LogP contribution in [0.15, 0.2) is 18.3 Å². The summed E-state index contributed by atoms with van der Waals surface area (Å²) < 4.78 is 12.6. The molecule has 0 spiro atoms. The molecule has 5 nitrogen and oxygen atoms in total. The van der Waals surface area contributed by atoms with E-state index in [-0.39, 0.29) is 24.6 Å². The Kier molecular flexibility index (Phi) is 2.55. The molecule has 1 aliphatic heterocycles. The van der Waals surface area contributed by atoms with E-state index in [4.69, 9.17) is 5.11 Å². The number of carbonyl (C=O) groups is 2. The van der Waals surface area contributed by atoms with Gasteiger partial charge in [0.2, 0.25) is 5.91 Å². The SMILES string of the molecule is O=C(O)[C@@H]1CCC(=O)N1c1ccc(F)cn1. The Morgan fingerprint density at radius 2 is 2.31 bits per heavy atom. The molecule has 2 heterocycles. The lowest BCUT2D eigenvalue weighted by molar-refractivity contribution is -0.138. The molecule has 0 saturated carbocycles. The first-order valence-corrected chi connectivity index (χ1v) is 4.76. The molecule has 1 saturated heterocycles. The number of carbonyl (C=O) groups excluding carboxylic acids is 1. The number of anilines is 1. The third kappa shape index (κ3) is 1.73. The fourth-order valence-electron chi connectivity index (χ4n) is 1.72. The molecule has 1 N–H and O–H groups in total. The molecule has 0 bridgehead atoms. The van der Waals surface area contributed by atoms with E-state index in [0.29, 0.717) is 0 Å². The minimum Gasteiger partial charge on any atom is -0.480 e. The van der Waals surface area contributed by atoms with Crippen molar-refractivity contribution in [3.05, 3.63) is 24.1 Å². The van der Waals surface area contributed by atoms with Crippen LogP contribution in [-0.4, -0.2) is 28.0 Å². The molecule has 2 rings (SSSR count). The second-order valence-corrected chi connectivity index (χ2v) is 3.49. The van der Waals surface area contributed by atoms with Crippen molar-refractivity contribution in [3.8, 4) is 0 Å². The standard InChI is InChI=1S/C10H9FN2O3/c11-6-1-3-8(12-5-6)13-7(10(15)16)2-4-9(13)14/h1,3,5,7H,2,4H2,(H,15,16)/t7-/m0/s1. The molecule has 1 aliphatic rings. The first-order chi connectivity index (χ1) is 7.59. The maximum Gasteiger partial charge on any atom is 0.326 e. The van der Waals surface area contributed by atoms with Gasteiger partial charge in [0.05, 0.1) is 6.20 Å². The van der Waals surface area contributed by atoms with Crippen molar-refractivity contribution in [2.75, 3.05) is 4.90 Å². The third-order valence-electron chi connectivity index (χ3n) is 2.46. The average molecular weight is 224 g/mol. The highest BCUT2D eigenvalue weighted by molar-refractivity contribution is 6.01. The number of pyridine rings is 1. The van der Waals surface area contributed by atoms with Crippen molar-refractivity contribution in [2.24, 2.45) is 0 Å². The summed E-state index contributed by atoms with van der Waals surface area (Å²) >= 11 is 0. The van der Waals surface area contributed by atoms with E-state index in [1.165, 1.54) is 6.07 Å². The van der Waals surface area contributed by atoms with E-state index < -0.39 is 17.8 Å². The number of amides is 1. The van der Waals surface area contributed by atoms with Crippen LogP contribution in [0.3, 0.4) is 0 Å². The molecular weight excluding hydrogens is 215 g/mol. The molecule has 0 radical (unpaired) electrons. The van der Waals surface area contributed by atoms with Gasteiger partial charge in [-0.2, -0.15) is 0 Å². The third-order valence-corrected chi connectivity index (χ3v) is 2.46. The number of aliphatic carboxylic acids is 1. The van der Waals surface area contributed by atoms with Crippen LogP contribution in [0.4, 0.5) is 10.2 Å². The van der Waals surface area contributed by atoms with Crippen LogP contribution in [0, 0.1) is 5.82 Å². The minimum absolute atomic E-state index is 0.177. The summed E-state index contributed by atoms with van der Waals surface area (Å²) in [5.41, 5.74) is 0. The second-order valence-electron chi connectivity index (χ2n) is 3.49.